The molecule has 0 heterocycles. The first-order valence-electron chi connectivity index (χ1n) is 3.50. The Hall–Kier alpha value is -0.770. The fraction of sp³-hybridized carbons (Fsp3) is 0.250. The molecule has 0 aromatic heterocycles. The number of hydrogen-bond donors (Lipinski definition) is 3. The van der Waals surface area contributed by atoms with Gasteiger partial charge in [0.1, 0.15) is 5.75 Å². The zero-order valence-corrected chi connectivity index (χ0v) is 7.12. The molecular weight excluding hydrogens is 178 g/mol. The number of aromatic hydroxyl groups is 1. The molecule has 0 unspecified atom stereocenters. The topological polar surface area (TPSA) is 66.5 Å². The van der Waals surface area contributed by atoms with Crippen molar-refractivity contribution in [3.63, 3.8) is 0 Å². The Kier molecular flexibility index (Phi) is 2.92. The molecule has 1 rings (SSSR count). The maximum atomic E-state index is 9.09. The third-order valence-electron chi connectivity index (χ3n) is 1.58. The minimum absolute atomic E-state index is 0.0956. The smallest absolute Gasteiger partial charge is 0.116 e. The molecule has 0 spiro atoms. The third kappa shape index (κ3) is 1.88. The number of nitrogens with two attached hydrogens (primary N) is 1. The van der Waals surface area contributed by atoms with Crippen molar-refractivity contribution < 1.29 is 10.2 Å². The van der Waals surface area contributed by atoms with Gasteiger partial charge in [-0.2, -0.15) is 0 Å². The fourth-order valence-electron chi connectivity index (χ4n) is 0.914. The van der Waals surface area contributed by atoms with Gasteiger partial charge in [0.2, 0.25) is 0 Å². The van der Waals surface area contributed by atoms with Crippen LogP contribution in [0, 0.1) is 0 Å². The molecule has 0 fully saturated rings. The van der Waals surface area contributed by atoms with E-state index in [9.17, 15) is 0 Å². The molecule has 0 saturated carbocycles. The standard InChI is InChI=1S/C8H10ClNO2/c9-7-2-1-5(12)3-6(7)8(10)4-11/h1-3,8,11-12H,4,10H2/t8-/m1/s1. The number of hydrogen-bond acceptors (Lipinski definition) is 3. The van der Waals surface area contributed by atoms with E-state index in [-0.39, 0.29) is 12.4 Å². The highest BCUT2D eigenvalue weighted by Gasteiger charge is 2.09. The van der Waals surface area contributed by atoms with Gasteiger partial charge in [-0.15, -0.1) is 0 Å². The molecule has 1 atom stereocenters. The Morgan fingerprint density at radius 2 is 2.17 bits per heavy atom. The van der Waals surface area contributed by atoms with Gasteiger partial charge in [-0.25, -0.2) is 0 Å². The summed E-state index contributed by atoms with van der Waals surface area (Å²) in [6.07, 6.45) is 0. The van der Waals surface area contributed by atoms with Crippen LogP contribution in [0.5, 0.6) is 5.75 Å². The maximum absolute atomic E-state index is 9.09. The van der Waals surface area contributed by atoms with Crippen molar-refractivity contribution in [2.75, 3.05) is 6.61 Å². The van der Waals surface area contributed by atoms with Gasteiger partial charge in [-0.3, -0.25) is 0 Å². The average molecular weight is 188 g/mol. The molecule has 4 heteroatoms. The molecule has 0 bridgehead atoms. The minimum atomic E-state index is -0.537. The molecule has 0 saturated heterocycles. The number of aliphatic hydroxyl groups excluding tert-OH is 1. The molecule has 0 aliphatic rings. The highest BCUT2D eigenvalue weighted by molar-refractivity contribution is 6.31. The van der Waals surface area contributed by atoms with E-state index in [4.69, 9.17) is 27.5 Å². The molecule has 4 N–H and O–H groups in total. The molecule has 0 aliphatic carbocycles. The van der Waals surface area contributed by atoms with Crippen LogP contribution in [0.4, 0.5) is 0 Å². The SMILES string of the molecule is N[C@H](CO)c1cc(O)ccc1Cl. The van der Waals surface area contributed by atoms with Crippen molar-refractivity contribution in [2.45, 2.75) is 6.04 Å². The summed E-state index contributed by atoms with van der Waals surface area (Å²) in [5.74, 6) is 0.0956. The largest absolute Gasteiger partial charge is 0.508 e. The van der Waals surface area contributed by atoms with Crippen LogP contribution in [-0.4, -0.2) is 16.8 Å². The summed E-state index contributed by atoms with van der Waals surface area (Å²) in [4.78, 5) is 0. The van der Waals surface area contributed by atoms with Crippen LogP contribution < -0.4 is 5.73 Å². The van der Waals surface area contributed by atoms with Gasteiger partial charge in [-0.05, 0) is 23.8 Å². The molecule has 3 nitrogen and oxygen atoms in total. The third-order valence-corrected chi connectivity index (χ3v) is 1.92. The lowest BCUT2D eigenvalue weighted by molar-refractivity contribution is 0.268. The van der Waals surface area contributed by atoms with Crippen LogP contribution in [0.2, 0.25) is 5.02 Å². The van der Waals surface area contributed by atoms with Gasteiger partial charge in [0.15, 0.2) is 0 Å². The number of phenolic OH excluding ortho intramolecular Hbond substituents is 1. The van der Waals surface area contributed by atoms with Crippen LogP contribution in [0.15, 0.2) is 18.2 Å². The van der Waals surface area contributed by atoms with Gasteiger partial charge >= 0.3 is 0 Å². The quantitative estimate of drug-likeness (QED) is 0.648. The summed E-state index contributed by atoms with van der Waals surface area (Å²) < 4.78 is 0. The second-order valence-electron chi connectivity index (χ2n) is 2.49. The van der Waals surface area contributed by atoms with E-state index in [0.717, 1.165) is 0 Å². The molecule has 1 aromatic carbocycles. The fourth-order valence-corrected chi connectivity index (χ4v) is 1.17. The van der Waals surface area contributed by atoms with E-state index in [1.807, 2.05) is 0 Å². The minimum Gasteiger partial charge on any atom is -0.508 e. The van der Waals surface area contributed by atoms with Crippen LogP contribution in [0.25, 0.3) is 0 Å². The lowest BCUT2D eigenvalue weighted by Crippen LogP contribution is -2.14. The van der Waals surface area contributed by atoms with Crippen LogP contribution >= 0.6 is 11.6 Å². The molecule has 1 aromatic rings. The Bertz CT molecular complexity index is 278. The summed E-state index contributed by atoms with van der Waals surface area (Å²) in [7, 11) is 0. The number of phenols is 1. The number of halogens is 1. The average Bonchev–Trinajstić information content (AvgIpc) is 2.08. The van der Waals surface area contributed by atoms with Crippen molar-refractivity contribution >= 4 is 11.6 Å². The molecule has 66 valence electrons. The Morgan fingerprint density at radius 3 is 2.75 bits per heavy atom. The van der Waals surface area contributed by atoms with Crippen molar-refractivity contribution in [3.05, 3.63) is 28.8 Å². The summed E-state index contributed by atoms with van der Waals surface area (Å²) in [5, 5.41) is 18.3. The highest BCUT2D eigenvalue weighted by atomic mass is 35.5. The highest BCUT2D eigenvalue weighted by Crippen LogP contribution is 2.25. The van der Waals surface area contributed by atoms with E-state index < -0.39 is 6.04 Å². The van der Waals surface area contributed by atoms with Crippen molar-refractivity contribution in [2.24, 2.45) is 5.73 Å². The number of rotatable bonds is 2. The maximum Gasteiger partial charge on any atom is 0.116 e. The van der Waals surface area contributed by atoms with Crippen LogP contribution in [0.1, 0.15) is 11.6 Å². The molecule has 12 heavy (non-hydrogen) atoms. The second-order valence-corrected chi connectivity index (χ2v) is 2.90. The number of aliphatic hydroxyl groups is 1. The van der Waals surface area contributed by atoms with E-state index >= 15 is 0 Å². The van der Waals surface area contributed by atoms with Gasteiger partial charge in [-0.1, -0.05) is 11.6 Å². The van der Waals surface area contributed by atoms with Crippen molar-refractivity contribution in [1.29, 1.82) is 0 Å². The predicted molar refractivity (Wildman–Crippen MR) is 47.1 cm³/mol. The van der Waals surface area contributed by atoms with Crippen molar-refractivity contribution in [3.8, 4) is 5.75 Å². The number of benzene rings is 1. The van der Waals surface area contributed by atoms with Crippen molar-refractivity contribution in [1.82, 2.24) is 0 Å². The first-order chi connectivity index (χ1) is 5.65. The first-order valence-corrected chi connectivity index (χ1v) is 3.88. The summed E-state index contributed by atoms with van der Waals surface area (Å²) in [5.41, 5.74) is 6.07. The molecule has 0 radical (unpaired) electrons. The monoisotopic (exact) mass is 187 g/mol. The second kappa shape index (κ2) is 3.76. The van der Waals surface area contributed by atoms with E-state index in [1.165, 1.54) is 12.1 Å². The normalized spacial score (nSPS) is 12.9. The van der Waals surface area contributed by atoms with Crippen LogP contribution in [0.3, 0.4) is 0 Å². The van der Waals surface area contributed by atoms with E-state index in [1.54, 1.807) is 6.07 Å². The van der Waals surface area contributed by atoms with Gasteiger partial charge in [0, 0.05) is 5.02 Å². The predicted octanol–water partition coefficient (Wildman–Crippen LogP) is 1.04. The molecule has 0 aliphatic heterocycles. The Labute approximate surface area is 75.4 Å². The lowest BCUT2D eigenvalue weighted by Gasteiger charge is -2.10. The molecule has 0 amide bonds. The summed E-state index contributed by atoms with van der Waals surface area (Å²) >= 11 is 5.77. The summed E-state index contributed by atoms with van der Waals surface area (Å²) in [6.45, 7) is -0.191. The zero-order chi connectivity index (χ0) is 9.14. The van der Waals surface area contributed by atoms with Gasteiger partial charge < -0.3 is 15.9 Å². The van der Waals surface area contributed by atoms with E-state index in [2.05, 4.69) is 0 Å². The summed E-state index contributed by atoms with van der Waals surface area (Å²) in [6, 6.07) is 3.92. The molecular formula is C8H10ClNO2. The van der Waals surface area contributed by atoms with Gasteiger partial charge in [0.25, 0.3) is 0 Å². The van der Waals surface area contributed by atoms with Gasteiger partial charge in [0.05, 0.1) is 12.6 Å². The van der Waals surface area contributed by atoms with E-state index in [0.29, 0.717) is 10.6 Å². The lowest BCUT2D eigenvalue weighted by atomic mass is 10.1. The van der Waals surface area contributed by atoms with Crippen LogP contribution in [-0.2, 0) is 0 Å². The Morgan fingerprint density at radius 1 is 1.50 bits per heavy atom. The zero-order valence-electron chi connectivity index (χ0n) is 6.37. The first kappa shape index (κ1) is 9.32. The Balaban J connectivity index is 3.04.